The molecule has 2 aliphatic heterocycles. The maximum Gasteiger partial charge on any atom is 0.0469 e. The summed E-state index contributed by atoms with van der Waals surface area (Å²) in [7, 11) is 0. The summed E-state index contributed by atoms with van der Waals surface area (Å²) >= 11 is 0. The van der Waals surface area contributed by atoms with Gasteiger partial charge in [-0.05, 0) is 38.0 Å². The molecule has 0 bridgehead atoms. The molecule has 3 fully saturated rings. The van der Waals surface area contributed by atoms with Crippen LogP contribution in [-0.2, 0) is 4.74 Å². The van der Waals surface area contributed by atoms with Crippen LogP contribution >= 0.6 is 0 Å². The van der Waals surface area contributed by atoms with Gasteiger partial charge < -0.3 is 10.1 Å². The Morgan fingerprint density at radius 3 is 2.60 bits per heavy atom. The SMILES string of the molecule is CCC1CNC2(CCCCC2)CN1CC1CCOCC1. The smallest absolute Gasteiger partial charge is 0.0469 e. The molecule has 0 amide bonds. The van der Waals surface area contributed by atoms with E-state index in [2.05, 4.69) is 17.1 Å². The van der Waals surface area contributed by atoms with Crippen LogP contribution in [0.1, 0.15) is 58.3 Å². The number of nitrogens with zero attached hydrogens (tertiary/aromatic N) is 1. The number of ether oxygens (including phenoxy) is 1. The van der Waals surface area contributed by atoms with E-state index in [-0.39, 0.29) is 0 Å². The highest BCUT2D eigenvalue weighted by molar-refractivity contribution is 4.99. The summed E-state index contributed by atoms with van der Waals surface area (Å²) in [6.45, 7) is 8.13. The van der Waals surface area contributed by atoms with Crippen LogP contribution in [0.3, 0.4) is 0 Å². The second kappa shape index (κ2) is 6.76. The van der Waals surface area contributed by atoms with Crippen molar-refractivity contribution in [3.05, 3.63) is 0 Å². The molecule has 1 saturated carbocycles. The molecule has 1 N–H and O–H groups in total. The van der Waals surface area contributed by atoms with Gasteiger partial charge in [0.15, 0.2) is 0 Å². The minimum Gasteiger partial charge on any atom is -0.381 e. The Hall–Kier alpha value is -0.120. The molecule has 3 rings (SSSR count). The molecule has 0 aromatic heterocycles. The van der Waals surface area contributed by atoms with Crippen LogP contribution in [0.4, 0.5) is 0 Å². The van der Waals surface area contributed by atoms with Crippen molar-refractivity contribution in [2.24, 2.45) is 5.92 Å². The second-order valence-corrected chi connectivity index (χ2v) is 7.27. The fraction of sp³-hybridized carbons (Fsp3) is 1.00. The van der Waals surface area contributed by atoms with Gasteiger partial charge in [-0.3, -0.25) is 4.90 Å². The Morgan fingerprint density at radius 1 is 1.15 bits per heavy atom. The molecule has 3 heteroatoms. The lowest BCUT2D eigenvalue weighted by Gasteiger charge is -2.50. The molecule has 1 atom stereocenters. The highest BCUT2D eigenvalue weighted by Gasteiger charge is 2.39. The van der Waals surface area contributed by atoms with E-state index in [0.717, 1.165) is 25.2 Å². The van der Waals surface area contributed by atoms with Gasteiger partial charge in [0.2, 0.25) is 0 Å². The third kappa shape index (κ3) is 3.37. The quantitative estimate of drug-likeness (QED) is 0.860. The molecule has 3 nitrogen and oxygen atoms in total. The van der Waals surface area contributed by atoms with Crippen LogP contribution in [0.5, 0.6) is 0 Å². The van der Waals surface area contributed by atoms with E-state index in [4.69, 9.17) is 4.74 Å². The predicted molar refractivity (Wildman–Crippen MR) is 83.0 cm³/mol. The van der Waals surface area contributed by atoms with E-state index in [0.29, 0.717) is 5.54 Å². The van der Waals surface area contributed by atoms with E-state index in [1.807, 2.05) is 0 Å². The zero-order valence-corrected chi connectivity index (χ0v) is 13.2. The number of nitrogens with one attached hydrogen (secondary N) is 1. The Balaban J connectivity index is 1.61. The molecule has 116 valence electrons. The normalized spacial score (nSPS) is 32.5. The zero-order valence-electron chi connectivity index (χ0n) is 13.2. The van der Waals surface area contributed by atoms with E-state index in [9.17, 15) is 0 Å². The summed E-state index contributed by atoms with van der Waals surface area (Å²) in [6, 6.07) is 0.755. The first-order chi connectivity index (χ1) is 9.81. The van der Waals surface area contributed by atoms with Gasteiger partial charge in [0.25, 0.3) is 0 Å². The van der Waals surface area contributed by atoms with Crippen molar-refractivity contribution in [1.82, 2.24) is 10.2 Å². The topological polar surface area (TPSA) is 24.5 Å². The van der Waals surface area contributed by atoms with Crippen LogP contribution < -0.4 is 5.32 Å². The fourth-order valence-corrected chi connectivity index (χ4v) is 4.48. The van der Waals surface area contributed by atoms with Crippen LogP contribution in [-0.4, -0.2) is 49.3 Å². The van der Waals surface area contributed by atoms with Gasteiger partial charge in [-0.25, -0.2) is 0 Å². The van der Waals surface area contributed by atoms with Crippen molar-refractivity contribution >= 4 is 0 Å². The summed E-state index contributed by atoms with van der Waals surface area (Å²) in [5.41, 5.74) is 0.453. The van der Waals surface area contributed by atoms with Crippen molar-refractivity contribution < 1.29 is 4.74 Å². The third-order valence-corrected chi connectivity index (χ3v) is 5.85. The molecule has 3 aliphatic rings. The maximum atomic E-state index is 5.52. The molecule has 1 spiro atoms. The fourth-order valence-electron chi connectivity index (χ4n) is 4.48. The predicted octanol–water partition coefficient (Wildman–Crippen LogP) is 2.80. The van der Waals surface area contributed by atoms with Crippen LogP contribution in [0, 0.1) is 5.92 Å². The summed E-state index contributed by atoms with van der Waals surface area (Å²) in [5, 5.41) is 3.94. The van der Waals surface area contributed by atoms with E-state index < -0.39 is 0 Å². The molecule has 0 radical (unpaired) electrons. The minimum atomic E-state index is 0.453. The summed E-state index contributed by atoms with van der Waals surface area (Å²) in [4.78, 5) is 2.83. The molecular weight excluding hydrogens is 248 g/mol. The van der Waals surface area contributed by atoms with Crippen molar-refractivity contribution in [2.45, 2.75) is 69.9 Å². The molecular formula is C17H32N2O. The lowest BCUT2D eigenvalue weighted by atomic mass is 9.79. The van der Waals surface area contributed by atoms with Gasteiger partial charge in [0.05, 0.1) is 0 Å². The van der Waals surface area contributed by atoms with Crippen molar-refractivity contribution in [1.29, 1.82) is 0 Å². The van der Waals surface area contributed by atoms with Crippen LogP contribution in [0.25, 0.3) is 0 Å². The monoisotopic (exact) mass is 280 g/mol. The first kappa shape index (κ1) is 14.8. The van der Waals surface area contributed by atoms with Crippen molar-refractivity contribution in [3.63, 3.8) is 0 Å². The largest absolute Gasteiger partial charge is 0.381 e. The molecule has 1 aliphatic carbocycles. The number of hydrogen-bond acceptors (Lipinski definition) is 3. The van der Waals surface area contributed by atoms with Gasteiger partial charge >= 0.3 is 0 Å². The highest BCUT2D eigenvalue weighted by atomic mass is 16.5. The summed E-state index contributed by atoms with van der Waals surface area (Å²) in [5.74, 6) is 0.872. The maximum absolute atomic E-state index is 5.52. The van der Waals surface area contributed by atoms with Gasteiger partial charge in [0, 0.05) is 44.4 Å². The van der Waals surface area contributed by atoms with Crippen molar-refractivity contribution in [3.8, 4) is 0 Å². The number of rotatable bonds is 3. The standard InChI is InChI=1S/C17H32N2O/c1-2-16-12-18-17(8-4-3-5-9-17)14-19(16)13-15-6-10-20-11-7-15/h15-16,18H,2-14H2,1H3. The van der Waals surface area contributed by atoms with E-state index >= 15 is 0 Å². The first-order valence-electron chi connectivity index (χ1n) is 8.88. The first-order valence-corrected chi connectivity index (χ1v) is 8.88. The van der Waals surface area contributed by atoms with Crippen molar-refractivity contribution in [2.75, 3.05) is 32.8 Å². The van der Waals surface area contributed by atoms with Gasteiger partial charge in [0.1, 0.15) is 0 Å². The average Bonchev–Trinajstić information content (AvgIpc) is 2.49. The third-order valence-electron chi connectivity index (χ3n) is 5.85. The van der Waals surface area contributed by atoms with Crippen LogP contribution in [0.15, 0.2) is 0 Å². The lowest BCUT2D eigenvalue weighted by molar-refractivity contribution is 0.0124. The van der Waals surface area contributed by atoms with Crippen LogP contribution in [0.2, 0.25) is 0 Å². The Morgan fingerprint density at radius 2 is 1.90 bits per heavy atom. The zero-order chi connectivity index (χ0) is 13.8. The minimum absolute atomic E-state index is 0.453. The Kier molecular flexibility index (Phi) is 5.00. The number of hydrogen-bond donors (Lipinski definition) is 1. The van der Waals surface area contributed by atoms with E-state index in [1.165, 1.54) is 71.0 Å². The second-order valence-electron chi connectivity index (χ2n) is 7.27. The highest BCUT2D eigenvalue weighted by Crippen LogP contribution is 2.33. The average molecular weight is 280 g/mol. The molecule has 2 saturated heterocycles. The van der Waals surface area contributed by atoms with Gasteiger partial charge in [-0.1, -0.05) is 26.2 Å². The molecule has 0 aromatic carbocycles. The Bertz CT molecular complexity index is 295. The van der Waals surface area contributed by atoms with E-state index in [1.54, 1.807) is 0 Å². The van der Waals surface area contributed by atoms with Gasteiger partial charge in [-0.15, -0.1) is 0 Å². The summed E-state index contributed by atoms with van der Waals surface area (Å²) in [6.07, 6.45) is 10.9. The summed E-state index contributed by atoms with van der Waals surface area (Å²) < 4.78 is 5.52. The number of piperazine rings is 1. The molecule has 1 unspecified atom stereocenters. The lowest BCUT2D eigenvalue weighted by Crippen LogP contribution is -2.65. The molecule has 20 heavy (non-hydrogen) atoms. The molecule has 2 heterocycles. The van der Waals surface area contributed by atoms with Gasteiger partial charge in [-0.2, -0.15) is 0 Å². The Labute approximate surface area is 124 Å². The molecule has 0 aromatic rings.